The highest BCUT2D eigenvalue weighted by Gasteiger charge is 2.68. The first kappa shape index (κ1) is 27.8. The summed E-state index contributed by atoms with van der Waals surface area (Å²) in [6, 6.07) is 0. The molecule has 4 saturated carbocycles. The number of hydrogen-bond acceptors (Lipinski definition) is 9. The zero-order valence-electron chi connectivity index (χ0n) is 23.3. The molecule has 0 spiro atoms. The molecule has 0 amide bonds. The van der Waals surface area contributed by atoms with Crippen LogP contribution in [-0.2, 0) is 28.5 Å². The number of methoxy groups -OCH3 is 1. The van der Waals surface area contributed by atoms with Crippen LogP contribution in [0, 0.1) is 34.5 Å². The third-order valence-corrected chi connectivity index (χ3v) is 12.1. The number of fused-ring (bicyclic) bond motifs is 5. The maximum Gasteiger partial charge on any atom is 0.331 e. The number of rotatable bonds is 5. The molecule has 0 aromatic heterocycles. The van der Waals surface area contributed by atoms with Crippen LogP contribution in [0.15, 0.2) is 11.6 Å². The van der Waals surface area contributed by atoms with Crippen LogP contribution in [0.25, 0.3) is 0 Å². The molecule has 5 fully saturated rings. The van der Waals surface area contributed by atoms with Crippen LogP contribution in [0.5, 0.6) is 0 Å². The Kier molecular flexibility index (Phi) is 7.04. The molecule has 6 aliphatic rings. The van der Waals surface area contributed by atoms with Crippen LogP contribution in [0.4, 0.5) is 0 Å². The molecule has 9 nitrogen and oxygen atoms in total. The van der Waals surface area contributed by atoms with Crippen molar-refractivity contribution in [3.63, 3.8) is 0 Å². The van der Waals surface area contributed by atoms with E-state index in [1.54, 1.807) is 13.0 Å². The van der Waals surface area contributed by atoms with Gasteiger partial charge in [0.1, 0.15) is 31.2 Å². The predicted molar refractivity (Wildman–Crippen MR) is 138 cm³/mol. The Labute approximate surface area is 230 Å². The van der Waals surface area contributed by atoms with Crippen molar-refractivity contribution in [1.82, 2.24) is 0 Å². The zero-order chi connectivity index (χ0) is 27.7. The summed E-state index contributed by atoms with van der Waals surface area (Å²) in [4.78, 5) is 24.8. The Bertz CT molecular complexity index is 1010. The summed E-state index contributed by atoms with van der Waals surface area (Å²) in [5.41, 5.74) is -0.682. The highest BCUT2D eigenvalue weighted by atomic mass is 16.7. The predicted octanol–water partition coefficient (Wildman–Crippen LogP) is 2.29. The molecule has 218 valence electrons. The second-order valence-corrected chi connectivity index (χ2v) is 13.4. The molecule has 0 bridgehead atoms. The van der Waals surface area contributed by atoms with E-state index < -0.39 is 41.7 Å². The van der Waals surface area contributed by atoms with Gasteiger partial charge in [-0.1, -0.05) is 6.92 Å². The lowest BCUT2D eigenvalue weighted by Gasteiger charge is -2.63. The Hall–Kier alpha value is -1.36. The first-order valence-corrected chi connectivity index (χ1v) is 14.8. The van der Waals surface area contributed by atoms with Crippen LogP contribution < -0.4 is 0 Å². The van der Waals surface area contributed by atoms with Crippen molar-refractivity contribution in [2.45, 2.75) is 114 Å². The zero-order valence-corrected chi connectivity index (χ0v) is 23.3. The summed E-state index contributed by atoms with van der Waals surface area (Å²) in [7, 11) is 1.46. The minimum atomic E-state index is -1.11. The molecule has 1 saturated heterocycles. The number of aldehydes is 1. The number of carbonyl (C=O) groups is 2. The Morgan fingerprint density at radius 2 is 1.85 bits per heavy atom. The van der Waals surface area contributed by atoms with Crippen LogP contribution in [0.1, 0.15) is 71.6 Å². The number of cyclic esters (lactones) is 1. The molecule has 2 heterocycles. The second kappa shape index (κ2) is 9.88. The summed E-state index contributed by atoms with van der Waals surface area (Å²) < 4.78 is 22.6. The smallest absolute Gasteiger partial charge is 0.331 e. The molecule has 3 N–H and O–H groups in total. The third kappa shape index (κ3) is 4.02. The van der Waals surface area contributed by atoms with Crippen molar-refractivity contribution in [3.05, 3.63) is 11.6 Å². The van der Waals surface area contributed by atoms with E-state index in [-0.39, 0.29) is 41.2 Å². The van der Waals surface area contributed by atoms with E-state index in [2.05, 4.69) is 6.92 Å². The van der Waals surface area contributed by atoms with Crippen molar-refractivity contribution in [2.24, 2.45) is 34.5 Å². The van der Waals surface area contributed by atoms with Crippen LogP contribution in [0.2, 0.25) is 0 Å². The fraction of sp³-hybridized carbons (Fsp3) is 0.867. The van der Waals surface area contributed by atoms with Gasteiger partial charge in [0.05, 0.1) is 17.8 Å². The lowest BCUT2D eigenvalue weighted by atomic mass is 9.43. The molecular weight excluding hydrogens is 504 g/mol. The van der Waals surface area contributed by atoms with Crippen molar-refractivity contribution in [1.29, 1.82) is 0 Å². The van der Waals surface area contributed by atoms with Gasteiger partial charge in [0.25, 0.3) is 0 Å². The number of aliphatic hydroxyl groups is 3. The fourth-order valence-corrected chi connectivity index (χ4v) is 10.00. The Morgan fingerprint density at radius 3 is 2.54 bits per heavy atom. The van der Waals surface area contributed by atoms with Gasteiger partial charge in [-0.2, -0.15) is 0 Å². The van der Waals surface area contributed by atoms with Gasteiger partial charge >= 0.3 is 5.97 Å². The average Bonchev–Trinajstić information content (AvgIpc) is 3.47. The molecule has 0 unspecified atom stereocenters. The maximum absolute atomic E-state index is 13.0. The van der Waals surface area contributed by atoms with E-state index in [1.165, 1.54) is 13.4 Å². The minimum absolute atomic E-state index is 0.0482. The molecule has 39 heavy (non-hydrogen) atoms. The highest BCUT2D eigenvalue weighted by molar-refractivity contribution is 5.85. The average molecular weight is 549 g/mol. The summed E-state index contributed by atoms with van der Waals surface area (Å²) >= 11 is 0. The molecule has 0 aromatic rings. The van der Waals surface area contributed by atoms with Crippen molar-refractivity contribution < 1.29 is 43.9 Å². The minimum Gasteiger partial charge on any atom is -0.458 e. The first-order valence-electron chi connectivity index (χ1n) is 14.8. The molecule has 13 atom stereocenters. The summed E-state index contributed by atoms with van der Waals surface area (Å²) in [6.07, 6.45) is 5.39. The van der Waals surface area contributed by atoms with Crippen molar-refractivity contribution >= 4 is 12.3 Å². The molecule has 6 rings (SSSR count). The lowest BCUT2D eigenvalue weighted by Crippen LogP contribution is -2.63. The van der Waals surface area contributed by atoms with E-state index >= 15 is 0 Å². The number of hydrogen-bond donors (Lipinski definition) is 3. The molecule has 0 aromatic carbocycles. The Balaban J connectivity index is 1.18. The lowest BCUT2D eigenvalue weighted by molar-refractivity contribution is -0.312. The van der Waals surface area contributed by atoms with Crippen LogP contribution in [-0.4, -0.2) is 83.7 Å². The van der Waals surface area contributed by atoms with E-state index in [1.807, 2.05) is 0 Å². The van der Waals surface area contributed by atoms with E-state index in [4.69, 9.17) is 18.9 Å². The summed E-state index contributed by atoms with van der Waals surface area (Å²) in [5.74, 6) is 0.152. The van der Waals surface area contributed by atoms with Crippen LogP contribution >= 0.6 is 0 Å². The van der Waals surface area contributed by atoms with Crippen LogP contribution in [0.3, 0.4) is 0 Å². The number of aliphatic hydroxyl groups excluding tert-OH is 2. The molecule has 2 aliphatic heterocycles. The monoisotopic (exact) mass is 548 g/mol. The van der Waals surface area contributed by atoms with E-state index in [9.17, 15) is 24.9 Å². The summed E-state index contributed by atoms with van der Waals surface area (Å²) in [5, 5.41) is 33.4. The number of carbonyl (C=O) groups excluding carboxylic acids is 2. The molecule has 0 radical (unpaired) electrons. The van der Waals surface area contributed by atoms with E-state index in [0.717, 1.165) is 37.7 Å². The van der Waals surface area contributed by atoms with Gasteiger partial charge in [0, 0.05) is 24.0 Å². The summed E-state index contributed by atoms with van der Waals surface area (Å²) in [6.45, 7) is 4.25. The van der Waals surface area contributed by atoms with Gasteiger partial charge in [-0.15, -0.1) is 0 Å². The fourth-order valence-electron chi connectivity index (χ4n) is 10.00. The van der Waals surface area contributed by atoms with E-state index in [0.29, 0.717) is 32.3 Å². The molecule has 4 aliphatic carbocycles. The standard InChI is InChI=1S/C30H44O9/c1-16-24(33)26(36-3)25(34)27(38-16)39-19-6-10-29(15-31)18(13-19)4-5-22-21(29)7-9-28(2)20(8-11-30(22,28)35)17-12-23(32)37-14-17/h12,15-16,18-22,24-27,33-35H,4-11,13-14H2,1-3H3/t16-,18-,19-,20-,21+,22-,24-,25+,26-,27-,28+,29+,30-/m0/s1. The second-order valence-electron chi connectivity index (χ2n) is 13.4. The van der Waals surface area contributed by atoms with Crippen molar-refractivity contribution in [2.75, 3.05) is 13.7 Å². The topological polar surface area (TPSA) is 132 Å². The van der Waals surface area contributed by atoms with Gasteiger partial charge in [0.2, 0.25) is 0 Å². The SMILES string of the molecule is CO[C@H]1[C@@H](O)[C@H](C)O[C@@H](O[C@H]2CC[C@@]3(C=O)[C@@H](CC[C@H]4[C@H]3CC[C@]3(C)[C@H](C5=CC(=O)OC5)CC[C@]43O)C2)[C@@H]1O. The third-order valence-electron chi connectivity index (χ3n) is 12.1. The van der Waals surface area contributed by atoms with Gasteiger partial charge in [-0.05, 0) is 94.0 Å². The highest BCUT2D eigenvalue weighted by Crippen LogP contribution is 2.69. The largest absolute Gasteiger partial charge is 0.458 e. The number of ether oxygens (including phenoxy) is 4. The van der Waals surface area contributed by atoms with Gasteiger partial charge in [-0.3, -0.25) is 0 Å². The molecular formula is C30H44O9. The van der Waals surface area contributed by atoms with Crippen molar-refractivity contribution in [3.8, 4) is 0 Å². The first-order chi connectivity index (χ1) is 18.6. The van der Waals surface area contributed by atoms with Gasteiger partial charge < -0.3 is 39.1 Å². The quantitative estimate of drug-likeness (QED) is 0.269. The normalized spacial score (nSPS) is 53.3. The Morgan fingerprint density at radius 1 is 1.05 bits per heavy atom. The van der Waals surface area contributed by atoms with Gasteiger partial charge in [0.15, 0.2) is 6.29 Å². The number of esters is 1. The van der Waals surface area contributed by atoms with Gasteiger partial charge in [-0.25, -0.2) is 4.79 Å². The maximum atomic E-state index is 13.0. The molecule has 9 heteroatoms.